The van der Waals surface area contributed by atoms with Crippen molar-refractivity contribution in [1.29, 1.82) is 0 Å². The molecule has 0 unspecified atom stereocenters. The van der Waals surface area contributed by atoms with Crippen molar-refractivity contribution in [3.63, 3.8) is 0 Å². The van der Waals surface area contributed by atoms with Gasteiger partial charge in [-0.3, -0.25) is 4.79 Å². The molecule has 0 aliphatic rings. The summed E-state index contributed by atoms with van der Waals surface area (Å²) < 4.78 is 4.90. The number of rotatable bonds is 3. The van der Waals surface area contributed by atoms with Crippen LogP contribution >= 0.6 is 0 Å². The van der Waals surface area contributed by atoms with Gasteiger partial charge in [0.15, 0.2) is 0 Å². The van der Waals surface area contributed by atoms with Crippen LogP contribution in [0, 0.1) is 0 Å². The minimum Gasteiger partial charge on any atom is -0.508 e. The van der Waals surface area contributed by atoms with E-state index in [1.54, 1.807) is 13.0 Å². The summed E-state index contributed by atoms with van der Waals surface area (Å²) >= 11 is 0. The molecule has 0 bridgehead atoms. The Kier molecular flexibility index (Phi) is 3.28. The van der Waals surface area contributed by atoms with E-state index in [0.29, 0.717) is 12.2 Å². The summed E-state index contributed by atoms with van der Waals surface area (Å²) in [6, 6.07) is 11.1. The van der Waals surface area contributed by atoms with Gasteiger partial charge in [0.25, 0.3) is 0 Å². The van der Waals surface area contributed by atoms with Gasteiger partial charge in [-0.1, -0.05) is 30.3 Å². The van der Waals surface area contributed by atoms with Crippen LogP contribution in [0.1, 0.15) is 12.5 Å². The van der Waals surface area contributed by atoms with E-state index in [-0.39, 0.29) is 18.1 Å². The summed E-state index contributed by atoms with van der Waals surface area (Å²) in [6.45, 7) is 2.12. The molecule has 2 rings (SSSR count). The maximum Gasteiger partial charge on any atom is 0.310 e. The van der Waals surface area contributed by atoms with Crippen molar-refractivity contribution in [2.75, 3.05) is 6.61 Å². The first-order valence-electron chi connectivity index (χ1n) is 5.57. The Bertz CT molecular complexity index is 546. The van der Waals surface area contributed by atoms with Crippen LogP contribution in [-0.2, 0) is 16.0 Å². The van der Waals surface area contributed by atoms with Crippen LogP contribution in [0.5, 0.6) is 5.75 Å². The first-order valence-corrected chi connectivity index (χ1v) is 5.57. The number of carbonyl (C=O) groups excluding carboxylic acids is 1. The smallest absolute Gasteiger partial charge is 0.310 e. The second-order valence-electron chi connectivity index (χ2n) is 3.77. The lowest BCUT2D eigenvalue weighted by molar-refractivity contribution is -0.142. The van der Waals surface area contributed by atoms with Crippen molar-refractivity contribution in [3.05, 3.63) is 42.0 Å². The third-order valence-electron chi connectivity index (χ3n) is 2.64. The zero-order valence-corrected chi connectivity index (χ0v) is 9.64. The van der Waals surface area contributed by atoms with Crippen molar-refractivity contribution < 1.29 is 14.6 Å². The molecular formula is C14H14O3. The molecule has 17 heavy (non-hydrogen) atoms. The van der Waals surface area contributed by atoms with E-state index in [4.69, 9.17) is 4.74 Å². The zero-order valence-electron chi connectivity index (χ0n) is 9.64. The molecule has 3 heteroatoms. The van der Waals surface area contributed by atoms with Gasteiger partial charge in [0.2, 0.25) is 0 Å². The minimum absolute atomic E-state index is 0.0982. The van der Waals surface area contributed by atoms with Crippen LogP contribution in [-0.4, -0.2) is 17.7 Å². The maximum absolute atomic E-state index is 11.5. The van der Waals surface area contributed by atoms with Crippen LogP contribution in [0.3, 0.4) is 0 Å². The van der Waals surface area contributed by atoms with Crippen LogP contribution < -0.4 is 0 Å². The molecular weight excluding hydrogens is 216 g/mol. The fraction of sp³-hybridized carbons (Fsp3) is 0.214. The molecule has 0 aliphatic carbocycles. The molecule has 3 nitrogen and oxygen atoms in total. The van der Waals surface area contributed by atoms with Crippen molar-refractivity contribution in [2.45, 2.75) is 13.3 Å². The van der Waals surface area contributed by atoms with Crippen LogP contribution in [0.2, 0.25) is 0 Å². The van der Waals surface area contributed by atoms with E-state index < -0.39 is 0 Å². The molecule has 0 saturated carbocycles. The first-order chi connectivity index (χ1) is 8.22. The lowest BCUT2D eigenvalue weighted by atomic mass is 10.0. The summed E-state index contributed by atoms with van der Waals surface area (Å²) in [7, 11) is 0. The summed E-state index contributed by atoms with van der Waals surface area (Å²) in [5, 5.41) is 11.7. The number of carbonyl (C=O) groups is 1. The number of hydrogen-bond donors (Lipinski definition) is 1. The lowest BCUT2D eigenvalue weighted by Crippen LogP contribution is -2.08. The minimum atomic E-state index is -0.320. The van der Waals surface area contributed by atoms with Gasteiger partial charge in [-0.05, 0) is 23.8 Å². The number of ether oxygens (including phenoxy) is 1. The van der Waals surface area contributed by atoms with Crippen molar-refractivity contribution >= 4 is 16.7 Å². The van der Waals surface area contributed by atoms with Crippen molar-refractivity contribution in [3.8, 4) is 5.75 Å². The molecule has 2 aromatic rings. The van der Waals surface area contributed by atoms with Gasteiger partial charge >= 0.3 is 5.97 Å². The fourth-order valence-corrected chi connectivity index (χ4v) is 1.87. The van der Waals surface area contributed by atoms with Gasteiger partial charge < -0.3 is 9.84 Å². The highest BCUT2D eigenvalue weighted by Gasteiger charge is 2.11. The SMILES string of the molecule is CCOC(=O)Cc1c(O)ccc2ccccc12. The van der Waals surface area contributed by atoms with Crippen LogP contribution in [0.25, 0.3) is 10.8 Å². The van der Waals surface area contributed by atoms with Gasteiger partial charge in [0.1, 0.15) is 5.75 Å². The molecule has 0 radical (unpaired) electrons. The Morgan fingerprint density at radius 2 is 2.00 bits per heavy atom. The standard InChI is InChI=1S/C14H14O3/c1-2-17-14(16)9-12-11-6-4-3-5-10(11)7-8-13(12)15/h3-8,15H,2,9H2,1H3. The molecule has 1 N–H and O–H groups in total. The highest BCUT2D eigenvalue weighted by molar-refractivity contribution is 5.91. The van der Waals surface area contributed by atoms with E-state index in [1.807, 2.05) is 30.3 Å². The molecule has 0 atom stereocenters. The summed E-state index contributed by atoms with van der Waals surface area (Å²) in [5.41, 5.74) is 0.626. The second-order valence-corrected chi connectivity index (χ2v) is 3.77. The lowest BCUT2D eigenvalue weighted by Gasteiger charge is -2.08. The molecule has 0 spiro atoms. The average molecular weight is 230 g/mol. The van der Waals surface area contributed by atoms with E-state index in [2.05, 4.69) is 0 Å². The third kappa shape index (κ3) is 2.38. The maximum atomic E-state index is 11.5. The number of benzene rings is 2. The van der Waals surface area contributed by atoms with E-state index in [1.165, 1.54) is 0 Å². The number of aromatic hydroxyl groups is 1. The first kappa shape index (κ1) is 11.5. The van der Waals surface area contributed by atoms with Gasteiger partial charge in [-0.25, -0.2) is 0 Å². The normalized spacial score (nSPS) is 10.4. The third-order valence-corrected chi connectivity index (χ3v) is 2.64. The Balaban J connectivity index is 2.44. The van der Waals surface area contributed by atoms with Crippen LogP contribution in [0.15, 0.2) is 36.4 Å². The quantitative estimate of drug-likeness (QED) is 0.824. The van der Waals surface area contributed by atoms with Gasteiger partial charge in [0.05, 0.1) is 13.0 Å². The molecule has 2 aromatic carbocycles. The van der Waals surface area contributed by atoms with Crippen molar-refractivity contribution in [2.24, 2.45) is 0 Å². The zero-order chi connectivity index (χ0) is 12.3. The van der Waals surface area contributed by atoms with E-state index in [0.717, 1.165) is 10.8 Å². The molecule has 0 aliphatic heterocycles. The number of phenolic OH excluding ortho intramolecular Hbond substituents is 1. The summed E-state index contributed by atoms with van der Waals surface area (Å²) in [4.78, 5) is 11.5. The molecule has 0 heterocycles. The van der Waals surface area contributed by atoms with Crippen molar-refractivity contribution in [1.82, 2.24) is 0 Å². The number of phenols is 1. The molecule has 0 fully saturated rings. The monoisotopic (exact) mass is 230 g/mol. The van der Waals surface area contributed by atoms with Gasteiger partial charge in [-0.15, -0.1) is 0 Å². The summed E-state index contributed by atoms with van der Waals surface area (Å²) in [5.74, 6) is -0.184. The Hall–Kier alpha value is -2.03. The molecule has 88 valence electrons. The van der Waals surface area contributed by atoms with Gasteiger partial charge in [0, 0.05) is 5.56 Å². The Labute approximate surface area is 99.6 Å². The highest BCUT2D eigenvalue weighted by atomic mass is 16.5. The number of hydrogen-bond acceptors (Lipinski definition) is 3. The fourth-order valence-electron chi connectivity index (χ4n) is 1.87. The Morgan fingerprint density at radius 3 is 2.76 bits per heavy atom. The predicted molar refractivity (Wildman–Crippen MR) is 65.9 cm³/mol. The number of fused-ring (bicyclic) bond motifs is 1. The van der Waals surface area contributed by atoms with Crippen LogP contribution in [0.4, 0.5) is 0 Å². The largest absolute Gasteiger partial charge is 0.508 e. The molecule has 0 aromatic heterocycles. The predicted octanol–water partition coefficient (Wildman–Crippen LogP) is 2.65. The second kappa shape index (κ2) is 4.87. The van der Waals surface area contributed by atoms with Gasteiger partial charge in [-0.2, -0.15) is 0 Å². The Morgan fingerprint density at radius 1 is 1.24 bits per heavy atom. The summed E-state index contributed by atoms with van der Waals surface area (Å²) in [6.07, 6.45) is 0.0982. The number of esters is 1. The highest BCUT2D eigenvalue weighted by Crippen LogP contribution is 2.27. The molecule has 0 amide bonds. The topological polar surface area (TPSA) is 46.5 Å². The van der Waals surface area contributed by atoms with E-state index in [9.17, 15) is 9.90 Å². The molecule has 0 saturated heterocycles. The van der Waals surface area contributed by atoms with E-state index >= 15 is 0 Å². The average Bonchev–Trinajstić information content (AvgIpc) is 2.33.